The van der Waals surface area contributed by atoms with Gasteiger partial charge in [-0.15, -0.1) is 0 Å². The van der Waals surface area contributed by atoms with E-state index < -0.39 is 37.0 Å². The number of para-hydroxylation sites is 1. The Morgan fingerprint density at radius 2 is 1.77 bits per heavy atom. The van der Waals surface area contributed by atoms with Gasteiger partial charge in [-0.25, -0.2) is 13.2 Å². The van der Waals surface area contributed by atoms with Crippen molar-refractivity contribution < 1.29 is 27.6 Å². The molecule has 1 saturated carbocycles. The van der Waals surface area contributed by atoms with Crippen LogP contribution in [0.2, 0.25) is 0 Å². The normalized spacial score (nSPS) is 15.0. The molecule has 160 valence electrons. The zero-order valence-corrected chi connectivity index (χ0v) is 17.2. The first kappa shape index (κ1) is 21.9. The molecule has 0 aliphatic heterocycles. The number of carbonyl (C=O) groups is 1. The minimum atomic E-state index is -4.36. The Balaban J connectivity index is 1.91. The second-order valence-corrected chi connectivity index (χ2v) is 8.72. The summed E-state index contributed by atoms with van der Waals surface area (Å²) in [5.41, 5.74) is -1.17. The summed E-state index contributed by atoms with van der Waals surface area (Å²) >= 11 is 0. The molecule has 0 amide bonds. The van der Waals surface area contributed by atoms with Gasteiger partial charge in [0.1, 0.15) is 12.1 Å². The maximum atomic E-state index is 13.4. The van der Waals surface area contributed by atoms with Crippen molar-refractivity contribution in [3.05, 3.63) is 70.3 Å². The van der Waals surface area contributed by atoms with Crippen LogP contribution in [-0.2, 0) is 30.9 Å². The van der Waals surface area contributed by atoms with Crippen LogP contribution in [0, 0.1) is 10.1 Å². The lowest BCUT2D eigenvalue weighted by Crippen LogP contribution is -2.49. The summed E-state index contributed by atoms with van der Waals surface area (Å²) in [4.78, 5) is 23.0. The number of nitro benzene ring substituents is 1. The Morgan fingerprint density at radius 3 is 2.37 bits per heavy atom. The van der Waals surface area contributed by atoms with Crippen LogP contribution >= 0.6 is 0 Å². The average molecular weight is 434 g/mol. The van der Waals surface area contributed by atoms with E-state index in [1.807, 2.05) is 6.07 Å². The molecule has 0 spiro atoms. The van der Waals surface area contributed by atoms with Crippen molar-refractivity contribution in [1.82, 2.24) is 4.31 Å². The third-order valence-corrected chi connectivity index (χ3v) is 6.94. The number of ether oxygens (including phenoxy) is 2. The van der Waals surface area contributed by atoms with Crippen LogP contribution < -0.4 is 0 Å². The SMILES string of the molecule is COCCN(C1(C(=O)OCc2ccccc2)CC1)S(=O)(=O)c1ccccc1[N+](=O)[O-]. The van der Waals surface area contributed by atoms with Crippen LogP contribution in [0.25, 0.3) is 0 Å². The van der Waals surface area contributed by atoms with E-state index in [1.165, 1.54) is 25.3 Å². The van der Waals surface area contributed by atoms with Gasteiger partial charge in [-0.2, -0.15) is 4.31 Å². The lowest BCUT2D eigenvalue weighted by Gasteiger charge is -2.29. The Morgan fingerprint density at radius 1 is 1.13 bits per heavy atom. The van der Waals surface area contributed by atoms with E-state index in [0.717, 1.165) is 15.9 Å². The van der Waals surface area contributed by atoms with Gasteiger partial charge in [0.05, 0.1) is 11.5 Å². The second-order valence-electron chi connectivity index (χ2n) is 6.89. The molecule has 0 bridgehead atoms. The molecule has 0 aromatic heterocycles. The number of nitro groups is 1. The van der Waals surface area contributed by atoms with Crippen LogP contribution in [0.5, 0.6) is 0 Å². The van der Waals surface area contributed by atoms with Crippen LogP contribution in [0.15, 0.2) is 59.5 Å². The van der Waals surface area contributed by atoms with Gasteiger partial charge in [0.2, 0.25) is 0 Å². The van der Waals surface area contributed by atoms with Crippen LogP contribution in [-0.4, -0.2) is 49.4 Å². The van der Waals surface area contributed by atoms with Gasteiger partial charge in [0, 0.05) is 19.7 Å². The van der Waals surface area contributed by atoms with Crippen molar-refractivity contribution in [3.63, 3.8) is 0 Å². The molecule has 0 unspecified atom stereocenters. The van der Waals surface area contributed by atoms with Crippen LogP contribution in [0.3, 0.4) is 0 Å². The van der Waals surface area contributed by atoms with Crippen LogP contribution in [0.4, 0.5) is 5.69 Å². The van der Waals surface area contributed by atoms with Crippen molar-refractivity contribution >= 4 is 21.7 Å². The summed E-state index contributed by atoms with van der Waals surface area (Å²) in [6, 6.07) is 14.1. The molecule has 1 aliphatic carbocycles. The van der Waals surface area contributed by atoms with Crippen molar-refractivity contribution in [2.24, 2.45) is 0 Å². The first-order valence-corrected chi connectivity index (χ1v) is 10.7. The predicted molar refractivity (Wildman–Crippen MR) is 107 cm³/mol. The predicted octanol–water partition coefficient (Wildman–Crippen LogP) is 2.51. The van der Waals surface area contributed by atoms with Crippen molar-refractivity contribution in [2.75, 3.05) is 20.3 Å². The molecule has 0 heterocycles. The summed E-state index contributed by atoms with van der Waals surface area (Å²) in [6.07, 6.45) is 0.536. The molecule has 2 aromatic carbocycles. The van der Waals surface area contributed by atoms with Crippen molar-refractivity contribution in [2.45, 2.75) is 29.9 Å². The Kier molecular flexibility index (Phi) is 6.49. The van der Waals surface area contributed by atoms with Gasteiger partial charge in [-0.05, 0) is 24.5 Å². The van der Waals surface area contributed by atoms with Gasteiger partial charge >= 0.3 is 5.97 Å². The molecule has 1 aliphatic rings. The number of nitrogens with zero attached hydrogens (tertiary/aromatic N) is 2. The smallest absolute Gasteiger partial charge is 0.327 e. The van der Waals surface area contributed by atoms with Gasteiger partial charge in [-0.1, -0.05) is 42.5 Å². The molecule has 3 rings (SSSR count). The summed E-state index contributed by atoms with van der Waals surface area (Å²) < 4.78 is 38.2. The number of hydrogen-bond donors (Lipinski definition) is 0. The minimum absolute atomic E-state index is 0.00503. The monoisotopic (exact) mass is 434 g/mol. The largest absolute Gasteiger partial charge is 0.459 e. The van der Waals surface area contributed by atoms with Crippen molar-refractivity contribution in [1.29, 1.82) is 0 Å². The lowest BCUT2D eigenvalue weighted by molar-refractivity contribution is -0.387. The standard InChI is InChI=1S/C20H22N2O7S/c1-28-14-13-21(30(26,27)18-10-6-5-9-17(18)22(24)25)20(11-12-20)19(23)29-15-16-7-3-2-4-8-16/h2-10H,11-15H2,1H3. The number of carbonyl (C=O) groups excluding carboxylic acids is 1. The summed E-state index contributed by atoms with van der Waals surface area (Å²) in [7, 11) is -2.96. The summed E-state index contributed by atoms with van der Waals surface area (Å²) in [5, 5.41) is 11.4. The summed E-state index contributed by atoms with van der Waals surface area (Å²) in [5.74, 6) is -0.676. The topological polar surface area (TPSA) is 116 Å². The van der Waals surface area contributed by atoms with E-state index in [-0.39, 0.29) is 32.6 Å². The zero-order valence-electron chi connectivity index (χ0n) is 16.4. The number of esters is 1. The molecule has 0 radical (unpaired) electrons. The maximum absolute atomic E-state index is 13.4. The zero-order chi connectivity index (χ0) is 21.8. The number of methoxy groups -OCH3 is 1. The number of benzene rings is 2. The third-order valence-electron chi connectivity index (χ3n) is 4.92. The van der Waals surface area contributed by atoms with Crippen molar-refractivity contribution in [3.8, 4) is 0 Å². The Bertz CT molecular complexity index is 1020. The first-order valence-electron chi connectivity index (χ1n) is 9.29. The van der Waals surface area contributed by atoms with Gasteiger partial charge < -0.3 is 9.47 Å². The molecule has 0 atom stereocenters. The fourth-order valence-corrected chi connectivity index (χ4v) is 5.14. The first-order chi connectivity index (χ1) is 14.3. The van der Waals surface area contributed by atoms with E-state index in [9.17, 15) is 23.3 Å². The quantitative estimate of drug-likeness (QED) is 0.320. The molecular formula is C20H22N2O7S. The number of hydrogen-bond acceptors (Lipinski definition) is 7. The molecule has 0 saturated heterocycles. The van der Waals surface area contributed by atoms with E-state index in [0.29, 0.717) is 0 Å². The highest BCUT2D eigenvalue weighted by molar-refractivity contribution is 7.89. The number of sulfonamides is 1. The minimum Gasteiger partial charge on any atom is -0.459 e. The fraction of sp³-hybridized carbons (Fsp3) is 0.350. The second kappa shape index (κ2) is 8.90. The lowest BCUT2D eigenvalue weighted by atomic mass is 10.2. The highest BCUT2D eigenvalue weighted by Gasteiger charge is 2.60. The number of rotatable bonds is 10. The molecule has 1 fully saturated rings. The van der Waals surface area contributed by atoms with Gasteiger partial charge in [0.15, 0.2) is 4.90 Å². The molecule has 0 N–H and O–H groups in total. The molecular weight excluding hydrogens is 412 g/mol. The molecule has 2 aromatic rings. The highest BCUT2D eigenvalue weighted by atomic mass is 32.2. The average Bonchev–Trinajstić information content (AvgIpc) is 3.54. The molecule has 30 heavy (non-hydrogen) atoms. The summed E-state index contributed by atoms with van der Waals surface area (Å²) in [6.45, 7) is -0.107. The van der Waals surface area contributed by atoms with Crippen LogP contribution in [0.1, 0.15) is 18.4 Å². The highest BCUT2D eigenvalue weighted by Crippen LogP contribution is 2.46. The molecule has 9 nitrogen and oxygen atoms in total. The van der Waals surface area contributed by atoms with Gasteiger partial charge in [-0.3, -0.25) is 10.1 Å². The maximum Gasteiger partial charge on any atom is 0.327 e. The van der Waals surface area contributed by atoms with E-state index in [1.54, 1.807) is 24.3 Å². The van der Waals surface area contributed by atoms with E-state index in [4.69, 9.17) is 9.47 Å². The van der Waals surface area contributed by atoms with E-state index >= 15 is 0 Å². The fourth-order valence-electron chi connectivity index (χ4n) is 3.21. The molecule has 10 heteroatoms. The Hall–Kier alpha value is -2.82. The van der Waals surface area contributed by atoms with Gasteiger partial charge in [0.25, 0.3) is 15.7 Å². The third kappa shape index (κ3) is 4.35. The Labute approximate surface area is 174 Å². The van der Waals surface area contributed by atoms with E-state index in [2.05, 4.69) is 0 Å².